The highest BCUT2D eigenvalue weighted by Gasteiger charge is 2.37. The molecule has 8 heteroatoms. The van der Waals surface area contributed by atoms with Gasteiger partial charge in [0.1, 0.15) is 5.78 Å². The van der Waals surface area contributed by atoms with Gasteiger partial charge < -0.3 is 10.2 Å². The second kappa shape index (κ2) is 12.0. The Morgan fingerprint density at radius 1 is 0.917 bits per heavy atom. The molecule has 2 amide bonds. The molecule has 2 fully saturated rings. The number of hydrogen-bond donors (Lipinski definition) is 1. The molecule has 192 valence electrons. The van der Waals surface area contributed by atoms with Gasteiger partial charge >= 0.3 is 0 Å². The summed E-state index contributed by atoms with van der Waals surface area (Å²) in [5.41, 5.74) is 2.45. The van der Waals surface area contributed by atoms with Crippen LogP contribution < -0.4 is 5.32 Å². The largest absolute Gasteiger partial charge is 0.349 e. The number of Topliss-reactive ketones (excluding diaryl/α,β-unsaturated/α-hetero) is 1. The first-order valence-electron chi connectivity index (χ1n) is 12.5. The lowest BCUT2D eigenvalue weighted by Crippen LogP contribution is -2.52. The number of likely N-dealkylation sites (tertiary alicyclic amines) is 1. The van der Waals surface area contributed by atoms with Crippen molar-refractivity contribution in [1.82, 2.24) is 10.2 Å². The molecular formula is C28H31Cl3N2O3. The monoisotopic (exact) mass is 548 g/mol. The Bertz CT molecular complexity index is 1110. The zero-order valence-corrected chi connectivity index (χ0v) is 22.6. The molecule has 2 aromatic rings. The van der Waals surface area contributed by atoms with Crippen LogP contribution in [0.1, 0.15) is 66.4 Å². The number of hydrogen-bond acceptors (Lipinski definition) is 3. The van der Waals surface area contributed by atoms with E-state index in [1.54, 1.807) is 25.1 Å². The third-order valence-corrected chi connectivity index (χ3v) is 8.68. The zero-order valence-electron chi connectivity index (χ0n) is 20.3. The molecule has 1 saturated carbocycles. The molecule has 2 aromatic carbocycles. The first-order chi connectivity index (χ1) is 17.3. The van der Waals surface area contributed by atoms with Crippen molar-refractivity contribution in [3.8, 4) is 0 Å². The van der Waals surface area contributed by atoms with Crippen molar-refractivity contribution >= 4 is 52.4 Å². The van der Waals surface area contributed by atoms with Crippen LogP contribution in [0.25, 0.3) is 0 Å². The van der Waals surface area contributed by atoms with Crippen molar-refractivity contribution in [3.63, 3.8) is 0 Å². The number of halogens is 3. The number of rotatable bonds is 6. The molecule has 2 unspecified atom stereocenters. The highest BCUT2D eigenvalue weighted by molar-refractivity contribution is 6.42. The fourth-order valence-electron chi connectivity index (χ4n) is 5.41. The van der Waals surface area contributed by atoms with Gasteiger partial charge in [-0.25, -0.2) is 0 Å². The van der Waals surface area contributed by atoms with Gasteiger partial charge in [-0.1, -0.05) is 41.4 Å². The number of piperidine rings is 1. The minimum absolute atomic E-state index is 0.0540. The van der Waals surface area contributed by atoms with E-state index in [4.69, 9.17) is 34.8 Å². The molecule has 0 radical (unpaired) electrons. The van der Waals surface area contributed by atoms with Crippen LogP contribution in [0.15, 0.2) is 42.5 Å². The normalized spacial score (nSPS) is 24.3. The van der Waals surface area contributed by atoms with E-state index in [0.29, 0.717) is 41.0 Å². The number of alkyl halides is 1. The van der Waals surface area contributed by atoms with Crippen molar-refractivity contribution in [3.05, 3.63) is 69.2 Å². The van der Waals surface area contributed by atoms with E-state index in [1.165, 1.54) is 0 Å². The van der Waals surface area contributed by atoms with Crippen LogP contribution in [0.2, 0.25) is 10.0 Å². The Labute approximate surface area is 227 Å². The van der Waals surface area contributed by atoms with E-state index in [9.17, 15) is 14.4 Å². The van der Waals surface area contributed by atoms with Gasteiger partial charge in [-0.15, -0.1) is 11.6 Å². The topological polar surface area (TPSA) is 66.5 Å². The average molecular weight is 550 g/mol. The number of ketones is 1. The van der Waals surface area contributed by atoms with Gasteiger partial charge in [-0.05, 0) is 74.4 Å². The second-order valence-electron chi connectivity index (χ2n) is 9.92. The summed E-state index contributed by atoms with van der Waals surface area (Å²) in [4.78, 5) is 40.1. The van der Waals surface area contributed by atoms with Gasteiger partial charge in [-0.3, -0.25) is 14.4 Å². The average Bonchev–Trinajstić information content (AvgIpc) is 2.90. The number of amides is 2. The van der Waals surface area contributed by atoms with Crippen LogP contribution >= 0.6 is 34.8 Å². The smallest absolute Gasteiger partial charge is 0.251 e. The number of carbonyl (C=O) groups is 3. The Hall–Kier alpha value is -2.08. The predicted octanol–water partition coefficient (Wildman–Crippen LogP) is 6.24. The van der Waals surface area contributed by atoms with Crippen LogP contribution in [0.5, 0.6) is 0 Å². The number of carbonyl (C=O) groups excluding carboxylic acids is 3. The third kappa shape index (κ3) is 6.24. The van der Waals surface area contributed by atoms with Crippen molar-refractivity contribution in [2.75, 3.05) is 13.1 Å². The molecule has 2 aliphatic rings. The minimum atomic E-state index is -0.167. The summed E-state index contributed by atoms with van der Waals surface area (Å²) in [5.74, 6) is 0.493. The maximum atomic E-state index is 13.4. The maximum Gasteiger partial charge on any atom is 0.251 e. The first kappa shape index (κ1) is 27.0. The number of nitrogens with one attached hydrogen (secondary N) is 1. The molecule has 4 rings (SSSR count). The quantitative estimate of drug-likeness (QED) is 0.434. The standard InChI is InChI=1S/C28H31Cl3N2O3/c1-17(34)19-6-8-21(9-7-19)28(36)33-13-12-26(23(16-33)22-10-11-24(30)25(31)14-22)32-27(35)20-4-2-18(15-29)3-5-20/h2-5,10-11,14,19,21,23,26H,6-9,12-13,15-16H2,1H3,(H,32,35). The van der Waals surface area contributed by atoms with Gasteiger partial charge in [0.2, 0.25) is 5.91 Å². The van der Waals surface area contributed by atoms with Gasteiger partial charge in [0.05, 0.1) is 10.0 Å². The van der Waals surface area contributed by atoms with Crippen LogP contribution in [0, 0.1) is 11.8 Å². The molecule has 1 aliphatic carbocycles. The Balaban J connectivity index is 1.50. The molecule has 1 aliphatic heterocycles. The van der Waals surface area contributed by atoms with E-state index >= 15 is 0 Å². The van der Waals surface area contributed by atoms with Crippen molar-refractivity contribution in [2.24, 2.45) is 11.8 Å². The molecule has 2 atom stereocenters. The molecular weight excluding hydrogens is 519 g/mol. The summed E-state index contributed by atoms with van der Waals surface area (Å²) in [6, 6.07) is 12.6. The highest BCUT2D eigenvalue weighted by atomic mass is 35.5. The van der Waals surface area contributed by atoms with Crippen LogP contribution in [-0.2, 0) is 15.5 Å². The molecule has 1 heterocycles. The molecule has 1 saturated heterocycles. The van der Waals surface area contributed by atoms with Gasteiger partial charge in [0.25, 0.3) is 5.91 Å². The molecule has 0 bridgehead atoms. The summed E-state index contributed by atoms with van der Waals surface area (Å²) in [6.07, 6.45) is 3.67. The summed E-state index contributed by atoms with van der Waals surface area (Å²) in [7, 11) is 0. The molecule has 0 aromatic heterocycles. The lowest BCUT2D eigenvalue weighted by Gasteiger charge is -2.41. The zero-order chi connectivity index (χ0) is 25.8. The Morgan fingerprint density at radius 2 is 1.58 bits per heavy atom. The third-order valence-electron chi connectivity index (χ3n) is 7.63. The van der Waals surface area contributed by atoms with Crippen LogP contribution in [0.3, 0.4) is 0 Å². The first-order valence-corrected chi connectivity index (χ1v) is 13.8. The van der Waals surface area contributed by atoms with E-state index < -0.39 is 0 Å². The van der Waals surface area contributed by atoms with E-state index in [0.717, 1.165) is 36.8 Å². The van der Waals surface area contributed by atoms with E-state index in [2.05, 4.69) is 5.32 Å². The Kier molecular flexibility index (Phi) is 8.97. The SMILES string of the molecule is CC(=O)C1CCC(C(=O)N2CCC(NC(=O)c3ccc(CCl)cc3)C(c3ccc(Cl)c(Cl)c3)C2)CC1. The van der Waals surface area contributed by atoms with Gasteiger partial charge in [-0.2, -0.15) is 0 Å². The summed E-state index contributed by atoms with van der Waals surface area (Å²) in [5, 5.41) is 4.10. The van der Waals surface area contributed by atoms with Crippen molar-refractivity contribution < 1.29 is 14.4 Å². The Morgan fingerprint density at radius 3 is 2.19 bits per heavy atom. The maximum absolute atomic E-state index is 13.4. The van der Waals surface area contributed by atoms with Crippen molar-refractivity contribution in [1.29, 1.82) is 0 Å². The molecule has 0 spiro atoms. The fraction of sp³-hybridized carbons (Fsp3) is 0.464. The second-order valence-corrected chi connectivity index (χ2v) is 11.0. The molecule has 36 heavy (non-hydrogen) atoms. The molecule has 5 nitrogen and oxygen atoms in total. The minimum Gasteiger partial charge on any atom is -0.349 e. The van der Waals surface area contributed by atoms with E-state index in [1.807, 2.05) is 29.2 Å². The number of nitrogens with zero attached hydrogens (tertiary/aromatic N) is 1. The highest BCUT2D eigenvalue weighted by Crippen LogP contribution is 2.35. The van der Waals surface area contributed by atoms with Crippen LogP contribution in [-0.4, -0.2) is 41.6 Å². The molecule has 1 N–H and O–H groups in total. The van der Waals surface area contributed by atoms with Gasteiger partial charge in [0, 0.05) is 48.3 Å². The van der Waals surface area contributed by atoms with Gasteiger partial charge in [0.15, 0.2) is 0 Å². The van der Waals surface area contributed by atoms with E-state index in [-0.39, 0.29) is 41.4 Å². The summed E-state index contributed by atoms with van der Waals surface area (Å²) in [6.45, 7) is 2.69. The summed E-state index contributed by atoms with van der Waals surface area (Å²) < 4.78 is 0. The number of benzene rings is 2. The summed E-state index contributed by atoms with van der Waals surface area (Å²) >= 11 is 18.4. The van der Waals surface area contributed by atoms with Crippen molar-refractivity contribution in [2.45, 2.75) is 56.9 Å². The van der Waals surface area contributed by atoms with Crippen LogP contribution in [0.4, 0.5) is 0 Å². The lowest BCUT2D eigenvalue weighted by atomic mass is 9.79. The fourth-order valence-corrected chi connectivity index (χ4v) is 5.89. The lowest BCUT2D eigenvalue weighted by molar-refractivity contribution is -0.139. The predicted molar refractivity (Wildman–Crippen MR) is 144 cm³/mol.